The Bertz CT molecular complexity index is 440. The van der Waals surface area contributed by atoms with Gasteiger partial charge in [0.1, 0.15) is 10.6 Å². The van der Waals surface area contributed by atoms with Gasteiger partial charge in [0.25, 0.3) is 0 Å². The Morgan fingerprint density at radius 1 is 1.33 bits per heavy atom. The minimum absolute atomic E-state index is 0.184. The smallest absolute Gasteiger partial charge is 0.117 e. The average Bonchev–Trinajstić information content (AvgIpc) is 2.87. The third-order valence-electron chi connectivity index (χ3n) is 4.28. The fourth-order valence-electron chi connectivity index (χ4n) is 3.14. The molecule has 0 unspecified atom stereocenters. The molecule has 118 valence electrons. The lowest BCUT2D eigenvalue weighted by atomic mass is 10.0. The number of morpholine rings is 1. The molecule has 0 radical (unpaired) electrons. The van der Waals surface area contributed by atoms with E-state index in [0.29, 0.717) is 12.6 Å². The first-order valence-electron chi connectivity index (χ1n) is 7.73. The molecule has 0 N–H and O–H groups in total. The summed E-state index contributed by atoms with van der Waals surface area (Å²) in [5.41, 5.74) is -0.184. The zero-order valence-corrected chi connectivity index (χ0v) is 13.8. The summed E-state index contributed by atoms with van der Waals surface area (Å²) < 4.78 is 12.0. The zero-order valence-electron chi connectivity index (χ0n) is 13.0. The van der Waals surface area contributed by atoms with E-state index in [-0.39, 0.29) is 5.60 Å². The largest absolute Gasteiger partial charge is 0.377 e. The fourth-order valence-corrected chi connectivity index (χ4v) is 3.80. The molecule has 0 amide bonds. The van der Waals surface area contributed by atoms with E-state index in [1.165, 1.54) is 5.01 Å². The minimum atomic E-state index is -0.184. The van der Waals surface area contributed by atoms with Crippen LogP contribution in [0.3, 0.4) is 0 Å². The third kappa shape index (κ3) is 3.81. The number of rotatable bonds is 3. The summed E-state index contributed by atoms with van der Waals surface area (Å²) in [6.07, 6.45) is 1.88. The molecule has 2 saturated heterocycles. The number of hydrogen-bond acceptors (Lipinski definition) is 6. The quantitative estimate of drug-likeness (QED) is 0.845. The fraction of sp³-hybridized carbons (Fsp3) is 0.800. The summed E-state index contributed by atoms with van der Waals surface area (Å²) in [6.45, 7) is 11.5. The molecule has 0 aromatic carbocycles. The van der Waals surface area contributed by atoms with Crippen molar-refractivity contribution in [3.63, 3.8) is 0 Å². The Balaban J connectivity index is 1.67. The summed E-state index contributed by atoms with van der Waals surface area (Å²) in [5, 5.41) is 3.23. The van der Waals surface area contributed by atoms with Crippen molar-refractivity contribution in [1.29, 1.82) is 0 Å². The lowest BCUT2D eigenvalue weighted by Gasteiger charge is -2.43. The summed E-state index contributed by atoms with van der Waals surface area (Å²) in [7, 11) is 0. The first-order valence-corrected chi connectivity index (χ1v) is 8.61. The minimum Gasteiger partial charge on any atom is -0.377 e. The molecule has 0 aliphatic carbocycles. The molecule has 1 aromatic heterocycles. The van der Waals surface area contributed by atoms with Crippen LogP contribution in [0.2, 0.25) is 0 Å². The van der Waals surface area contributed by atoms with E-state index in [2.05, 4.69) is 28.6 Å². The zero-order chi connectivity index (χ0) is 14.7. The van der Waals surface area contributed by atoms with Crippen LogP contribution in [0.5, 0.6) is 0 Å². The Morgan fingerprint density at radius 2 is 2.24 bits per heavy atom. The van der Waals surface area contributed by atoms with Gasteiger partial charge in [-0.15, -0.1) is 11.3 Å². The van der Waals surface area contributed by atoms with Crippen LogP contribution in [0, 0.1) is 0 Å². The molecule has 3 rings (SSSR count). The highest BCUT2D eigenvalue weighted by Crippen LogP contribution is 2.25. The second-order valence-corrected chi connectivity index (χ2v) is 7.26. The number of hydrogen-bond donors (Lipinski definition) is 0. The van der Waals surface area contributed by atoms with Crippen molar-refractivity contribution >= 4 is 11.3 Å². The highest BCUT2D eigenvalue weighted by atomic mass is 32.1. The molecular weight excluding hydrogens is 286 g/mol. The van der Waals surface area contributed by atoms with Crippen molar-refractivity contribution in [2.45, 2.75) is 32.0 Å². The Labute approximate surface area is 130 Å². The van der Waals surface area contributed by atoms with E-state index < -0.39 is 0 Å². The van der Waals surface area contributed by atoms with Crippen LogP contribution in [0.25, 0.3) is 0 Å². The maximum Gasteiger partial charge on any atom is 0.117 e. The summed E-state index contributed by atoms with van der Waals surface area (Å²) in [6, 6.07) is 0.529. The van der Waals surface area contributed by atoms with Crippen LogP contribution in [-0.2, 0) is 16.0 Å². The predicted octanol–water partition coefficient (Wildman–Crippen LogP) is 1.45. The SMILES string of the molecule is CC(C)N1CCOC[C@@]2(CN(Cc3nccs3)CCO2)C1. The molecule has 0 bridgehead atoms. The van der Waals surface area contributed by atoms with E-state index in [0.717, 1.165) is 45.9 Å². The second kappa shape index (κ2) is 6.71. The van der Waals surface area contributed by atoms with Crippen molar-refractivity contribution in [3.8, 4) is 0 Å². The molecule has 1 spiro atoms. The highest BCUT2D eigenvalue weighted by Gasteiger charge is 2.40. The monoisotopic (exact) mass is 311 g/mol. The van der Waals surface area contributed by atoms with E-state index >= 15 is 0 Å². The Hall–Kier alpha value is -0.530. The van der Waals surface area contributed by atoms with Crippen LogP contribution in [-0.4, -0.2) is 72.4 Å². The molecule has 6 heteroatoms. The number of nitrogens with zero attached hydrogens (tertiary/aromatic N) is 3. The van der Waals surface area contributed by atoms with Crippen LogP contribution in [0.15, 0.2) is 11.6 Å². The molecule has 2 aliphatic rings. The van der Waals surface area contributed by atoms with Gasteiger partial charge in [-0.3, -0.25) is 9.80 Å². The third-order valence-corrected chi connectivity index (χ3v) is 5.04. The maximum atomic E-state index is 6.19. The van der Waals surface area contributed by atoms with Gasteiger partial charge in [0.15, 0.2) is 0 Å². The van der Waals surface area contributed by atoms with Gasteiger partial charge in [0, 0.05) is 43.8 Å². The van der Waals surface area contributed by atoms with Gasteiger partial charge < -0.3 is 9.47 Å². The van der Waals surface area contributed by atoms with Crippen LogP contribution in [0.1, 0.15) is 18.9 Å². The van der Waals surface area contributed by atoms with Crippen LogP contribution >= 0.6 is 11.3 Å². The molecule has 3 heterocycles. The topological polar surface area (TPSA) is 37.8 Å². The van der Waals surface area contributed by atoms with E-state index in [1.807, 2.05) is 11.6 Å². The van der Waals surface area contributed by atoms with Crippen molar-refractivity contribution in [2.24, 2.45) is 0 Å². The van der Waals surface area contributed by atoms with Crippen molar-refractivity contribution in [1.82, 2.24) is 14.8 Å². The molecule has 5 nitrogen and oxygen atoms in total. The number of ether oxygens (including phenoxy) is 2. The van der Waals surface area contributed by atoms with E-state index in [1.54, 1.807) is 11.3 Å². The van der Waals surface area contributed by atoms with E-state index in [9.17, 15) is 0 Å². The van der Waals surface area contributed by atoms with Gasteiger partial charge >= 0.3 is 0 Å². The first kappa shape index (κ1) is 15.4. The molecule has 2 aliphatic heterocycles. The lowest BCUT2D eigenvalue weighted by molar-refractivity contribution is -0.144. The average molecular weight is 311 g/mol. The van der Waals surface area contributed by atoms with Crippen molar-refractivity contribution in [2.75, 3.05) is 46.0 Å². The predicted molar refractivity (Wildman–Crippen MR) is 83.6 cm³/mol. The van der Waals surface area contributed by atoms with E-state index in [4.69, 9.17) is 9.47 Å². The van der Waals surface area contributed by atoms with Gasteiger partial charge in [-0.25, -0.2) is 4.98 Å². The van der Waals surface area contributed by atoms with Gasteiger partial charge in [0.2, 0.25) is 0 Å². The molecular formula is C15H25N3O2S. The van der Waals surface area contributed by atoms with Crippen LogP contribution < -0.4 is 0 Å². The summed E-state index contributed by atoms with van der Waals surface area (Å²) >= 11 is 1.73. The maximum absolute atomic E-state index is 6.19. The standard InChI is InChI=1S/C15H25N3O2S/c1-13(2)18-5-6-19-12-15(11-18)10-17(4-7-20-15)9-14-16-3-8-21-14/h3,8,13H,4-7,9-12H2,1-2H3/t15-/m1/s1. The first-order chi connectivity index (χ1) is 10.2. The Kier molecular flexibility index (Phi) is 4.91. The molecule has 0 saturated carbocycles. The molecule has 1 atom stereocenters. The van der Waals surface area contributed by atoms with Gasteiger partial charge in [-0.1, -0.05) is 0 Å². The normalized spacial score (nSPS) is 29.1. The van der Waals surface area contributed by atoms with Crippen molar-refractivity contribution < 1.29 is 9.47 Å². The molecule has 2 fully saturated rings. The van der Waals surface area contributed by atoms with Crippen molar-refractivity contribution in [3.05, 3.63) is 16.6 Å². The van der Waals surface area contributed by atoms with Gasteiger partial charge in [0.05, 0.1) is 26.4 Å². The van der Waals surface area contributed by atoms with Gasteiger partial charge in [-0.05, 0) is 13.8 Å². The van der Waals surface area contributed by atoms with Gasteiger partial charge in [-0.2, -0.15) is 0 Å². The summed E-state index contributed by atoms with van der Waals surface area (Å²) in [5.74, 6) is 0. The molecule has 21 heavy (non-hydrogen) atoms. The summed E-state index contributed by atoms with van der Waals surface area (Å²) in [4.78, 5) is 9.33. The van der Waals surface area contributed by atoms with Crippen LogP contribution in [0.4, 0.5) is 0 Å². The molecule has 1 aromatic rings. The lowest BCUT2D eigenvalue weighted by Crippen LogP contribution is -2.59. The highest BCUT2D eigenvalue weighted by molar-refractivity contribution is 7.09. The Morgan fingerprint density at radius 3 is 3.00 bits per heavy atom. The number of thiazole rings is 1. The second-order valence-electron chi connectivity index (χ2n) is 6.28. The number of aromatic nitrogens is 1.